The largest absolute Gasteiger partial charge is 0.466 e. The van der Waals surface area contributed by atoms with E-state index in [1.807, 2.05) is 0 Å². The molecule has 0 unspecified atom stereocenters. The Kier molecular flexibility index (Phi) is 4.57. The quantitative estimate of drug-likeness (QED) is 0.776. The zero-order chi connectivity index (χ0) is 18.0. The summed E-state index contributed by atoms with van der Waals surface area (Å²) in [5, 5.41) is 5.38. The first-order valence-electron chi connectivity index (χ1n) is 7.48. The van der Waals surface area contributed by atoms with E-state index in [0.717, 1.165) is 5.56 Å². The number of amides is 2. The highest BCUT2D eigenvalue weighted by Crippen LogP contribution is 2.34. The Morgan fingerprint density at radius 3 is 2.68 bits per heavy atom. The van der Waals surface area contributed by atoms with Crippen LogP contribution in [0.4, 0.5) is 16.2 Å². The third-order valence-corrected chi connectivity index (χ3v) is 3.95. The van der Waals surface area contributed by atoms with Crippen LogP contribution in [0.15, 0.2) is 29.5 Å². The van der Waals surface area contributed by atoms with Crippen LogP contribution >= 0.6 is 0 Å². The number of urea groups is 1. The van der Waals surface area contributed by atoms with Crippen LogP contribution < -0.4 is 15.5 Å². The van der Waals surface area contributed by atoms with Crippen LogP contribution in [0.2, 0.25) is 0 Å². The lowest BCUT2D eigenvalue weighted by atomic mass is 10.1. The van der Waals surface area contributed by atoms with Crippen molar-refractivity contribution in [2.24, 2.45) is 0 Å². The second kappa shape index (κ2) is 6.81. The number of fused-ring (bicyclic) bond motifs is 1. The Bertz CT molecular complexity index is 773. The molecule has 0 saturated carbocycles. The van der Waals surface area contributed by atoms with Gasteiger partial charge in [-0.25, -0.2) is 14.4 Å². The summed E-state index contributed by atoms with van der Waals surface area (Å²) in [7, 11) is 2.47. The number of hydrogen-bond acceptors (Lipinski definition) is 7. The van der Waals surface area contributed by atoms with Crippen LogP contribution in [0, 0.1) is 0 Å². The number of anilines is 2. The maximum Gasteiger partial charge on any atom is 0.355 e. The van der Waals surface area contributed by atoms with Crippen molar-refractivity contribution < 1.29 is 28.6 Å². The molecule has 2 aliphatic rings. The van der Waals surface area contributed by atoms with Gasteiger partial charge < -0.3 is 29.7 Å². The van der Waals surface area contributed by atoms with Gasteiger partial charge in [-0.05, 0) is 12.1 Å². The lowest BCUT2D eigenvalue weighted by Gasteiger charge is -2.34. The van der Waals surface area contributed by atoms with E-state index in [1.165, 1.54) is 14.2 Å². The molecule has 0 atom stereocenters. The van der Waals surface area contributed by atoms with Crippen LogP contribution in [0.3, 0.4) is 0 Å². The Morgan fingerprint density at radius 1 is 1.20 bits per heavy atom. The molecule has 0 saturated heterocycles. The Labute approximate surface area is 143 Å². The van der Waals surface area contributed by atoms with Gasteiger partial charge in [0.15, 0.2) is 0 Å². The third kappa shape index (κ3) is 3.01. The van der Waals surface area contributed by atoms with Crippen molar-refractivity contribution in [2.45, 2.75) is 6.54 Å². The molecule has 2 amide bonds. The molecule has 9 nitrogen and oxygen atoms in total. The van der Waals surface area contributed by atoms with Crippen molar-refractivity contribution >= 4 is 29.3 Å². The molecule has 1 aromatic rings. The highest BCUT2D eigenvalue weighted by Gasteiger charge is 2.34. The summed E-state index contributed by atoms with van der Waals surface area (Å²) in [6, 6.07) is 4.95. The molecule has 1 aromatic carbocycles. The standard InChI is InChI=1S/C16H17N3O6/c1-23-14(20)10-7-25-8-19(13(10)15(21)24-2)12-5-3-4-11-9(12)6-17-16(22)18-11/h3-5H,6-8H2,1-2H3,(H2,17,18,22). The molecular formula is C16H17N3O6. The highest BCUT2D eigenvalue weighted by atomic mass is 16.5. The summed E-state index contributed by atoms with van der Waals surface area (Å²) >= 11 is 0. The third-order valence-electron chi connectivity index (χ3n) is 3.95. The molecule has 0 bridgehead atoms. The SMILES string of the molecule is COC(=O)C1=C(C(=O)OC)N(c2cccc3c2CNC(=O)N3)COC1. The van der Waals surface area contributed by atoms with Gasteiger partial charge in [0, 0.05) is 17.8 Å². The van der Waals surface area contributed by atoms with Gasteiger partial charge in [-0.2, -0.15) is 0 Å². The smallest absolute Gasteiger partial charge is 0.355 e. The Hall–Kier alpha value is -3.07. The minimum absolute atomic E-state index is 0.0509. The first-order valence-corrected chi connectivity index (χ1v) is 7.48. The summed E-state index contributed by atoms with van der Waals surface area (Å²) in [5.41, 5.74) is 2.14. The normalized spacial score (nSPS) is 16.6. The number of hydrogen-bond donors (Lipinski definition) is 2. The van der Waals surface area contributed by atoms with Crippen LogP contribution in [-0.2, 0) is 30.3 Å². The summed E-state index contributed by atoms with van der Waals surface area (Å²) in [6.45, 7) is 0.267. The van der Waals surface area contributed by atoms with Crippen LogP contribution in [0.5, 0.6) is 0 Å². The number of methoxy groups -OCH3 is 2. The van der Waals surface area contributed by atoms with E-state index in [1.54, 1.807) is 23.1 Å². The minimum Gasteiger partial charge on any atom is -0.466 e. The summed E-state index contributed by atoms with van der Waals surface area (Å²) in [4.78, 5) is 37.4. The topological polar surface area (TPSA) is 106 Å². The van der Waals surface area contributed by atoms with E-state index in [0.29, 0.717) is 11.4 Å². The van der Waals surface area contributed by atoms with E-state index in [2.05, 4.69) is 10.6 Å². The van der Waals surface area contributed by atoms with Crippen molar-refractivity contribution in [1.82, 2.24) is 5.32 Å². The van der Waals surface area contributed by atoms with E-state index >= 15 is 0 Å². The van der Waals surface area contributed by atoms with E-state index in [-0.39, 0.29) is 37.2 Å². The van der Waals surface area contributed by atoms with Crippen LogP contribution in [-0.4, -0.2) is 45.5 Å². The Balaban J connectivity index is 2.12. The number of ether oxygens (including phenoxy) is 3. The molecule has 132 valence electrons. The number of benzene rings is 1. The van der Waals surface area contributed by atoms with Gasteiger partial charge in [0.1, 0.15) is 12.4 Å². The molecule has 9 heteroatoms. The molecule has 0 aromatic heterocycles. The predicted octanol–water partition coefficient (Wildman–Crippen LogP) is 0.716. The molecule has 3 rings (SSSR count). The van der Waals surface area contributed by atoms with Gasteiger partial charge in [0.25, 0.3) is 0 Å². The maximum atomic E-state index is 12.3. The summed E-state index contributed by atoms with van der Waals surface area (Å²) in [5.74, 6) is -1.34. The zero-order valence-corrected chi connectivity index (χ0v) is 13.8. The fourth-order valence-corrected chi connectivity index (χ4v) is 2.80. The minimum atomic E-state index is -0.672. The van der Waals surface area contributed by atoms with E-state index < -0.39 is 11.9 Å². The van der Waals surface area contributed by atoms with Crippen LogP contribution in [0.1, 0.15) is 5.56 Å². The highest BCUT2D eigenvalue weighted by molar-refractivity contribution is 6.04. The predicted molar refractivity (Wildman–Crippen MR) is 86.7 cm³/mol. The first kappa shape index (κ1) is 16.8. The maximum absolute atomic E-state index is 12.3. The van der Waals surface area contributed by atoms with Gasteiger partial charge in [-0.15, -0.1) is 0 Å². The second-order valence-electron chi connectivity index (χ2n) is 5.33. The number of rotatable bonds is 3. The monoisotopic (exact) mass is 347 g/mol. The number of nitrogens with zero attached hydrogens (tertiary/aromatic N) is 1. The van der Waals surface area contributed by atoms with Crippen molar-refractivity contribution in [3.63, 3.8) is 0 Å². The van der Waals surface area contributed by atoms with Crippen LogP contribution in [0.25, 0.3) is 0 Å². The Morgan fingerprint density at radius 2 is 1.96 bits per heavy atom. The van der Waals surface area contributed by atoms with E-state index in [9.17, 15) is 14.4 Å². The van der Waals surface area contributed by atoms with Crippen molar-refractivity contribution in [3.05, 3.63) is 35.0 Å². The fourth-order valence-electron chi connectivity index (χ4n) is 2.80. The van der Waals surface area contributed by atoms with Gasteiger partial charge in [0.05, 0.1) is 32.1 Å². The molecule has 0 radical (unpaired) electrons. The van der Waals surface area contributed by atoms with Gasteiger partial charge in [0.2, 0.25) is 0 Å². The van der Waals surface area contributed by atoms with Crippen molar-refractivity contribution in [1.29, 1.82) is 0 Å². The molecule has 2 heterocycles. The average Bonchev–Trinajstić information content (AvgIpc) is 2.65. The van der Waals surface area contributed by atoms with Gasteiger partial charge in [-0.3, -0.25) is 0 Å². The number of carbonyl (C=O) groups is 3. The molecule has 2 aliphatic heterocycles. The first-order chi connectivity index (χ1) is 12.1. The van der Waals surface area contributed by atoms with Crippen molar-refractivity contribution in [3.8, 4) is 0 Å². The summed E-state index contributed by atoms with van der Waals surface area (Å²) < 4.78 is 15.0. The zero-order valence-electron chi connectivity index (χ0n) is 13.8. The molecule has 25 heavy (non-hydrogen) atoms. The molecule has 0 aliphatic carbocycles. The fraction of sp³-hybridized carbons (Fsp3) is 0.312. The number of nitrogens with one attached hydrogen (secondary N) is 2. The van der Waals surface area contributed by atoms with Crippen molar-refractivity contribution in [2.75, 3.05) is 37.8 Å². The molecule has 0 spiro atoms. The lowest BCUT2D eigenvalue weighted by Crippen LogP contribution is -2.40. The number of carbonyl (C=O) groups excluding carboxylic acids is 3. The second-order valence-corrected chi connectivity index (χ2v) is 5.33. The number of esters is 2. The average molecular weight is 347 g/mol. The molecule has 0 fully saturated rings. The van der Waals surface area contributed by atoms with Gasteiger partial charge >= 0.3 is 18.0 Å². The molecular weight excluding hydrogens is 330 g/mol. The molecule has 2 N–H and O–H groups in total. The summed E-state index contributed by atoms with van der Waals surface area (Å²) in [6.07, 6.45) is 0. The van der Waals surface area contributed by atoms with Gasteiger partial charge in [-0.1, -0.05) is 6.07 Å². The van der Waals surface area contributed by atoms with E-state index in [4.69, 9.17) is 14.2 Å². The lowest BCUT2D eigenvalue weighted by molar-refractivity contribution is -0.140.